The molecule has 0 fully saturated rings. The van der Waals surface area contributed by atoms with Crippen molar-refractivity contribution in [3.05, 3.63) is 57.7 Å². The number of phenolic OH excluding ortho intramolecular Hbond substituents is 1. The van der Waals surface area contributed by atoms with Gasteiger partial charge in [0.2, 0.25) is 10.0 Å². The maximum absolute atomic E-state index is 11.6. The van der Waals surface area contributed by atoms with Crippen LogP contribution in [0.5, 0.6) is 5.75 Å². The monoisotopic (exact) mass is 395 g/mol. The van der Waals surface area contributed by atoms with Gasteiger partial charge in [0, 0.05) is 18.0 Å². The van der Waals surface area contributed by atoms with Gasteiger partial charge in [0.25, 0.3) is 0 Å². The quantitative estimate of drug-likeness (QED) is 0.713. The molecule has 1 heterocycles. The Morgan fingerprint density at radius 1 is 1.20 bits per heavy atom. The number of hydrogen-bond donors (Lipinski definition) is 2. The van der Waals surface area contributed by atoms with Crippen LogP contribution in [-0.2, 0) is 17.1 Å². The maximum atomic E-state index is 11.6. The van der Waals surface area contributed by atoms with Crippen LogP contribution in [0.25, 0.3) is 11.3 Å². The van der Waals surface area contributed by atoms with E-state index in [1.807, 2.05) is 17.0 Å². The molecule has 0 bridgehead atoms. The highest BCUT2D eigenvalue weighted by Crippen LogP contribution is 2.28. The molecule has 9 heteroatoms. The first kappa shape index (κ1) is 17.7. The summed E-state index contributed by atoms with van der Waals surface area (Å²) in [5.74, 6) is 0.173. The van der Waals surface area contributed by atoms with Gasteiger partial charge < -0.3 is 9.67 Å². The van der Waals surface area contributed by atoms with E-state index in [2.05, 4.69) is 4.99 Å². The minimum absolute atomic E-state index is 0.0816. The van der Waals surface area contributed by atoms with Gasteiger partial charge in [-0.2, -0.15) is 0 Å². The van der Waals surface area contributed by atoms with Gasteiger partial charge in [0.05, 0.1) is 16.4 Å². The molecular formula is C16H14ClN3O3S2. The van der Waals surface area contributed by atoms with E-state index in [1.165, 1.54) is 23.5 Å². The summed E-state index contributed by atoms with van der Waals surface area (Å²) in [6, 6.07) is 11.2. The topological polar surface area (TPSA) is 97.7 Å². The highest BCUT2D eigenvalue weighted by atomic mass is 35.5. The number of primary sulfonamides is 1. The van der Waals surface area contributed by atoms with Gasteiger partial charge in [-0.3, -0.25) is 0 Å². The molecule has 0 saturated heterocycles. The summed E-state index contributed by atoms with van der Waals surface area (Å²) in [6.45, 7) is 0. The van der Waals surface area contributed by atoms with Gasteiger partial charge in [-0.1, -0.05) is 17.7 Å². The maximum Gasteiger partial charge on any atom is 0.239 e. The summed E-state index contributed by atoms with van der Waals surface area (Å²) in [5.41, 5.74) is 2.14. The van der Waals surface area contributed by atoms with Gasteiger partial charge in [-0.25, -0.2) is 18.5 Å². The number of aromatic nitrogens is 1. The van der Waals surface area contributed by atoms with Gasteiger partial charge >= 0.3 is 0 Å². The molecule has 0 saturated carbocycles. The molecule has 1 aromatic heterocycles. The van der Waals surface area contributed by atoms with Crippen molar-refractivity contribution < 1.29 is 13.5 Å². The summed E-state index contributed by atoms with van der Waals surface area (Å²) in [6.07, 6.45) is 0. The summed E-state index contributed by atoms with van der Waals surface area (Å²) < 4.78 is 25.1. The Kier molecular flexibility index (Phi) is 4.70. The second-order valence-corrected chi connectivity index (χ2v) is 8.05. The lowest BCUT2D eigenvalue weighted by atomic mass is 10.2. The fourth-order valence-electron chi connectivity index (χ4n) is 2.25. The fraction of sp³-hybridized carbons (Fsp3) is 0.0625. The van der Waals surface area contributed by atoms with Gasteiger partial charge in [0.1, 0.15) is 10.6 Å². The number of sulfonamides is 1. The molecule has 3 rings (SSSR count). The molecule has 0 amide bonds. The smallest absolute Gasteiger partial charge is 0.239 e. The molecule has 130 valence electrons. The molecule has 3 N–H and O–H groups in total. The third-order valence-electron chi connectivity index (χ3n) is 3.53. The molecule has 25 heavy (non-hydrogen) atoms. The number of nitrogens with zero attached hydrogens (tertiary/aromatic N) is 2. The number of thiazole rings is 1. The van der Waals surface area contributed by atoms with Gasteiger partial charge in [-0.15, -0.1) is 11.3 Å². The van der Waals surface area contributed by atoms with Crippen LogP contribution < -0.4 is 9.94 Å². The normalized spacial score (nSPS) is 12.5. The standard InChI is InChI=1S/C16H14ClN3O3S2/c1-20-14(10-2-7-13(17)15(8-10)25(18,22)23)9-24-16(20)19-11-3-5-12(21)6-4-11/h2-9,21H,1H3,(H2,18,22,23). The van der Waals surface area contributed by atoms with Crippen LogP contribution in [0, 0.1) is 0 Å². The predicted octanol–water partition coefficient (Wildman–Crippen LogP) is 2.99. The largest absolute Gasteiger partial charge is 0.508 e. The molecule has 0 atom stereocenters. The van der Waals surface area contributed by atoms with E-state index < -0.39 is 10.0 Å². The van der Waals surface area contributed by atoms with Gasteiger partial charge in [-0.05, 0) is 36.4 Å². The SMILES string of the molecule is Cn1c(-c2ccc(Cl)c(S(N)(=O)=O)c2)csc1=Nc1ccc(O)cc1. The Labute approximate surface area is 153 Å². The Balaban J connectivity index is 2.09. The lowest BCUT2D eigenvalue weighted by molar-refractivity contribution is 0.475. The number of aromatic hydroxyl groups is 1. The Morgan fingerprint density at radius 3 is 2.52 bits per heavy atom. The zero-order valence-electron chi connectivity index (χ0n) is 13.0. The number of hydrogen-bond acceptors (Lipinski definition) is 5. The number of benzene rings is 2. The van der Waals surface area contributed by atoms with E-state index >= 15 is 0 Å². The zero-order valence-corrected chi connectivity index (χ0v) is 15.4. The zero-order chi connectivity index (χ0) is 18.2. The molecule has 2 aromatic carbocycles. The van der Waals surface area contributed by atoms with E-state index in [4.69, 9.17) is 16.7 Å². The highest BCUT2D eigenvalue weighted by Gasteiger charge is 2.15. The Morgan fingerprint density at radius 2 is 1.88 bits per heavy atom. The van der Waals surface area contributed by atoms with Crippen LogP contribution in [0.15, 0.2) is 57.7 Å². The van der Waals surface area contributed by atoms with Crippen molar-refractivity contribution in [3.8, 4) is 17.0 Å². The van der Waals surface area contributed by atoms with E-state index in [0.717, 1.165) is 5.69 Å². The predicted molar refractivity (Wildman–Crippen MR) is 98.4 cm³/mol. The third-order valence-corrected chi connectivity index (χ3v) is 5.84. The lowest BCUT2D eigenvalue weighted by Crippen LogP contribution is -2.13. The van der Waals surface area contributed by atoms with E-state index in [1.54, 1.807) is 30.3 Å². The van der Waals surface area contributed by atoms with Crippen molar-refractivity contribution in [1.82, 2.24) is 4.57 Å². The average Bonchev–Trinajstić information content (AvgIpc) is 2.90. The average molecular weight is 396 g/mol. The summed E-state index contributed by atoms with van der Waals surface area (Å²) in [5, 5.41) is 16.5. The van der Waals surface area contributed by atoms with Crippen LogP contribution in [0.1, 0.15) is 0 Å². The molecule has 0 aliphatic rings. The Hall–Kier alpha value is -2.13. The highest BCUT2D eigenvalue weighted by molar-refractivity contribution is 7.89. The van der Waals surface area contributed by atoms with E-state index in [-0.39, 0.29) is 15.7 Å². The van der Waals surface area contributed by atoms with E-state index in [9.17, 15) is 13.5 Å². The van der Waals surface area contributed by atoms with Crippen LogP contribution in [-0.4, -0.2) is 18.1 Å². The first-order chi connectivity index (χ1) is 11.8. The minimum Gasteiger partial charge on any atom is -0.508 e. The number of nitrogens with two attached hydrogens (primary N) is 1. The number of halogens is 1. The summed E-state index contributed by atoms with van der Waals surface area (Å²) in [4.78, 5) is 5.12. The lowest BCUT2D eigenvalue weighted by Gasteiger charge is -2.07. The molecule has 0 spiro atoms. The summed E-state index contributed by atoms with van der Waals surface area (Å²) >= 11 is 7.34. The van der Waals surface area contributed by atoms with Crippen molar-refractivity contribution >= 4 is 38.6 Å². The number of rotatable bonds is 3. The van der Waals surface area contributed by atoms with Crippen molar-refractivity contribution in [2.24, 2.45) is 17.2 Å². The Bertz CT molecular complexity index is 1100. The van der Waals surface area contributed by atoms with Crippen molar-refractivity contribution in [2.75, 3.05) is 0 Å². The van der Waals surface area contributed by atoms with Crippen LogP contribution in [0.2, 0.25) is 5.02 Å². The minimum atomic E-state index is -3.91. The first-order valence-electron chi connectivity index (χ1n) is 7.07. The molecular weight excluding hydrogens is 382 g/mol. The van der Waals surface area contributed by atoms with Crippen LogP contribution >= 0.6 is 22.9 Å². The molecule has 6 nitrogen and oxygen atoms in total. The second-order valence-electron chi connectivity index (χ2n) is 5.28. The van der Waals surface area contributed by atoms with Crippen molar-refractivity contribution in [2.45, 2.75) is 4.90 Å². The molecule has 0 aliphatic carbocycles. The third kappa shape index (κ3) is 3.77. The second kappa shape index (κ2) is 6.64. The van der Waals surface area contributed by atoms with Crippen LogP contribution in [0.3, 0.4) is 0 Å². The van der Waals surface area contributed by atoms with Crippen molar-refractivity contribution in [3.63, 3.8) is 0 Å². The molecule has 0 radical (unpaired) electrons. The van der Waals surface area contributed by atoms with Crippen LogP contribution in [0.4, 0.5) is 5.69 Å². The van der Waals surface area contributed by atoms with Crippen molar-refractivity contribution in [1.29, 1.82) is 0 Å². The summed E-state index contributed by atoms with van der Waals surface area (Å²) in [7, 11) is -2.08. The number of phenols is 1. The fourth-order valence-corrected chi connectivity index (χ4v) is 4.25. The first-order valence-corrected chi connectivity index (χ1v) is 9.87. The molecule has 0 aliphatic heterocycles. The van der Waals surface area contributed by atoms with Gasteiger partial charge in [0.15, 0.2) is 4.80 Å². The molecule has 0 unspecified atom stereocenters. The van der Waals surface area contributed by atoms with E-state index in [0.29, 0.717) is 16.1 Å². The molecule has 3 aromatic rings.